The molecule has 0 bridgehead atoms. The van der Waals surface area contributed by atoms with E-state index in [0.717, 1.165) is 5.56 Å². The first-order valence-electron chi connectivity index (χ1n) is 7.80. The Morgan fingerprint density at radius 3 is 2.38 bits per heavy atom. The molecule has 1 atom stereocenters. The molecule has 2 aromatic rings. The van der Waals surface area contributed by atoms with E-state index in [1.54, 1.807) is 30.3 Å². The molecule has 0 amide bonds. The van der Waals surface area contributed by atoms with Gasteiger partial charge in [0.2, 0.25) is 9.84 Å². The quantitative estimate of drug-likeness (QED) is 0.677. The Morgan fingerprint density at radius 2 is 1.65 bits per heavy atom. The lowest BCUT2D eigenvalue weighted by molar-refractivity contribution is -0.115. The third-order valence-electron chi connectivity index (χ3n) is 4.60. The van der Waals surface area contributed by atoms with Gasteiger partial charge in [-0.15, -0.1) is 0 Å². The second-order valence-corrected chi connectivity index (χ2v) is 9.41. The minimum atomic E-state index is -3.91. The molecule has 1 unspecified atom stereocenters. The highest BCUT2D eigenvalue weighted by molar-refractivity contribution is 7.96. The van der Waals surface area contributed by atoms with Gasteiger partial charge < -0.3 is 5.32 Å². The Balaban J connectivity index is 1.80. The first kappa shape index (κ1) is 17.9. The fraction of sp³-hybridized carbons (Fsp3) is 0.167. The minimum Gasteiger partial charge on any atom is -0.357 e. The van der Waals surface area contributed by atoms with E-state index in [1.807, 2.05) is 0 Å². The zero-order valence-corrected chi connectivity index (χ0v) is 16.3. The third-order valence-corrected chi connectivity index (χ3v) is 7.33. The van der Waals surface area contributed by atoms with Gasteiger partial charge in [0.25, 0.3) is 0 Å². The second kappa shape index (κ2) is 6.27. The number of allylic oxidation sites excluding steroid dienone is 2. The van der Waals surface area contributed by atoms with Gasteiger partial charge in [0.15, 0.2) is 5.78 Å². The fourth-order valence-electron chi connectivity index (χ4n) is 3.46. The molecule has 0 saturated heterocycles. The summed E-state index contributed by atoms with van der Waals surface area (Å²) < 4.78 is 25.9. The zero-order chi connectivity index (χ0) is 18.6. The van der Waals surface area contributed by atoms with Gasteiger partial charge in [-0.1, -0.05) is 40.9 Å². The predicted octanol–water partition coefficient (Wildman–Crippen LogP) is 5.20. The number of nitrogens with one attached hydrogen (secondary N) is 1. The van der Waals surface area contributed by atoms with Crippen LogP contribution in [0.25, 0.3) is 0 Å². The fourth-order valence-corrected chi connectivity index (χ4v) is 6.01. The number of rotatable bonds is 1. The normalized spacial score (nSPS) is 21.0. The summed E-state index contributed by atoms with van der Waals surface area (Å²) in [4.78, 5) is 12.6. The number of anilines is 1. The van der Waals surface area contributed by atoms with Gasteiger partial charge >= 0.3 is 0 Å². The lowest BCUT2D eigenvalue weighted by Crippen LogP contribution is -2.30. The van der Waals surface area contributed by atoms with Crippen molar-refractivity contribution in [3.05, 3.63) is 67.6 Å². The molecule has 1 heterocycles. The van der Waals surface area contributed by atoms with Gasteiger partial charge in [-0.05, 0) is 48.2 Å². The summed E-state index contributed by atoms with van der Waals surface area (Å²) in [7, 11) is -3.91. The molecule has 134 valence electrons. The van der Waals surface area contributed by atoms with Crippen LogP contribution in [0.5, 0.6) is 0 Å². The molecule has 4 rings (SSSR count). The van der Waals surface area contributed by atoms with Crippen LogP contribution in [0.15, 0.2) is 51.9 Å². The highest BCUT2D eigenvalue weighted by Gasteiger charge is 2.41. The van der Waals surface area contributed by atoms with E-state index in [2.05, 4.69) is 5.32 Å². The molecule has 8 heteroatoms. The average molecular weight is 429 g/mol. The summed E-state index contributed by atoms with van der Waals surface area (Å²) >= 11 is 18.1. The molecule has 4 nitrogen and oxygen atoms in total. The summed E-state index contributed by atoms with van der Waals surface area (Å²) in [6.07, 6.45) is 0.431. The van der Waals surface area contributed by atoms with Crippen molar-refractivity contribution >= 4 is 56.1 Å². The smallest absolute Gasteiger partial charge is 0.213 e. The van der Waals surface area contributed by atoms with E-state index in [-0.39, 0.29) is 22.1 Å². The highest BCUT2D eigenvalue weighted by Crippen LogP contribution is 2.45. The van der Waals surface area contributed by atoms with E-state index in [0.29, 0.717) is 32.9 Å². The number of ketones is 1. The summed E-state index contributed by atoms with van der Waals surface area (Å²) in [5, 5.41) is 4.36. The van der Waals surface area contributed by atoms with Crippen molar-refractivity contribution in [2.75, 3.05) is 5.32 Å². The standard InChI is InChI=1S/C18H12Cl3NO3S/c19-10-1-3-12(13(21)7-10)9-5-15-18(16(23)6-9)26(24,25)17-8-11(20)2-4-14(17)22-15/h1-4,7-9,22H,5-6H2. The molecule has 0 fully saturated rings. The number of Topliss-reactive ketones (excluding diaryl/α,β-unsaturated/α-hetero) is 1. The largest absolute Gasteiger partial charge is 0.357 e. The van der Waals surface area contributed by atoms with E-state index < -0.39 is 15.6 Å². The Morgan fingerprint density at radius 1 is 0.962 bits per heavy atom. The lowest BCUT2D eigenvalue weighted by Gasteiger charge is -2.31. The predicted molar refractivity (Wildman–Crippen MR) is 103 cm³/mol. The van der Waals surface area contributed by atoms with Crippen LogP contribution in [0.3, 0.4) is 0 Å². The second-order valence-electron chi connectivity index (χ2n) is 6.27. The minimum absolute atomic E-state index is 0.0278. The van der Waals surface area contributed by atoms with Gasteiger partial charge in [0.05, 0.1) is 10.6 Å². The maximum atomic E-state index is 12.9. The Labute approximate surface area is 165 Å². The summed E-state index contributed by atoms with van der Waals surface area (Å²) in [5.41, 5.74) is 1.59. The first-order chi connectivity index (χ1) is 12.3. The van der Waals surface area contributed by atoms with Crippen molar-refractivity contribution in [1.29, 1.82) is 0 Å². The third kappa shape index (κ3) is 2.83. The number of benzene rings is 2. The van der Waals surface area contributed by atoms with Gasteiger partial charge in [0.1, 0.15) is 4.91 Å². The molecule has 0 saturated carbocycles. The molecule has 0 aromatic heterocycles. The molecular formula is C18H12Cl3NO3S. The van der Waals surface area contributed by atoms with E-state index in [9.17, 15) is 13.2 Å². The number of carbonyl (C=O) groups excluding carboxylic acids is 1. The summed E-state index contributed by atoms with van der Waals surface area (Å²) in [5.74, 6) is -0.650. The van der Waals surface area contributed by atoms with Crippen LogP contribution in [0.4, 0.5) is 5.69 Å². The number of carbonyl (C=O) groups is 1. The number of fused-ring (bicyclic) bond motifs is 1. The van der Waals surface area contributed by atoms with Crippen LogP contribution in [-0.4, -0.2) is 14.2 Å². The van der Waals surface area contributed by atoms with Crippen molar-refractivity contribution in [3.8, 4) is 0 Å². The van der Waals surface area contributed by atoms with Crippen LogP contribution >= 0.6 is 34.8 Å². The van der Waals surface area contributed by atoms with Crippen molar-refractivity contribution < 1.29 is 13.2 Å². The van der Waals surface area contributed by atoms with Crippen molar-refractivity contribution in [2.24, 2.45) is 0 Å². The van der Waals surface area contributed by atoms with Crippen molar-refractivity contribution in [2.45, 2.75) is 23.7 Å². The lowest BCUT2D eigenvalue weighted by atomic mass is 9.85. The average Bonchev–Trinajstić information content (AvgIpc) is 2.55. The Hall–Kier alpha value is -1.53. The zero-order valence-electron chi connectivity index (χ0n) is 13.2. The molecule has 2 aliphatic rings. The van der Waals surface area contributed by atoms with E-state index in [1.165, 1.54) is 6.07 Å². The first-order valence-corrected chi connectivity index (χ1v) is 10.4. The molecule has 1 aliphatic heterocycles. The van der Waals surface area contributed by atoms with Crippen molar-refractivity contribution in [1.82, 2.24) is 0 Å². The van der Waals surface area contributed by atoms with Gasteiger partial charge in [-0.25, -0.2) is 8.42 Å². The molecule has 2 aromatic carbocycles. The van der Waals surface area contributed by atoms with Crippen LogP contribution < -0.4 is 5.32 Å². The molecule has 1 aliphatic carbocycles. The molecule has 1 N–H and O–H groups in total. The number of halogens is 3. The highest BCUT2D eigenvalue weighted by atomic mass is 35.5. The monoisotopic (exact) mass is 427 g/mol. The number of sulfone groups is 1. The van der Waals surface area contributed by atoms with Crippen molar-refractivity contribution in [3.63, 3.8) is 0 Å². The topological polar surface area (TPSA) is 63.2 Å². The number of hydrogen-bond donors (Lipinski definition) is 1. The molecule has 26 heavy (non-hydrogen) atoms. The van der Waals surface area contributed by atoms with Crippen LogP contribution in [0.1, 0.15) is 24.3 Å². The summed E-state index contributed by atoms with van der Waals surface area (Å²) in [6.45, 7) is 0. The maximum absolute atomic E-state index is 12.9. The van der Waals surface area contributed by atoms with Crippen LogP contribution in [0, 0.1) is 0 Å². The summed E-state index contributed by atoms with van der Waals surface area (Å²) in [6, 6.07) is 9.67. The Bertz CT molecular complexity index is 1090. The number of hydrogen-bond acceptors (Lipinski definition) is 4. The maximum Gasteiger partial charge on any atom is 0.213 e. The van der Waals surface area contributed by atoms with Gasteiger partial charge in [-0.3, -0.25) is 4.79 Å². The Kier molecular flexibility index (Phi) is 4.31. The van der Waals surface area contributed by atoms with E-state index in [4.69, 9.17) is 34.8 Å². The van der Waals surface area contributed by atoms with Crippen LogP contribution in [0.2, 0.25) is 15.1 Å². The van der Waals surface area contributed by atoms with E-state index >= 15 is 0 Å². The van der Waals surface area contributed by atoms with Gasteiger partial charge in [0, 0.05) is 27.2 Å². The molecule has 0 spiro atoms. The van der Waals surface area contributed by atoms with Crippen LogP contribution in [-0.2, 0) is 14.6 Å². The van der Waals surface area contributed by atoms with Gasteiger partial charge in [-0.2, -0.15) is 0 Å². The SMILES string of the molecule is O=C1CC(c2ccc(Cl)cc2Cl)CC2=C1S(=O)(=O)c1cc(Cl)ccc1N2. The molecule has 0 radical (unpaired) electrons. The molecular weight excluding hydrogens is 417 g/mol.